The molecular weight excluding hydrogens is 246 g/mol. The number of fused-ring (bicyclic) bond motifs is 1. The van der Waals surface area contributed by atoms with E-state index in [4.69, 9.17) is 4.74 Å². The van der Waals surface area contributed by atoms with Crippen molar-refractivity contribution in [1.82, 2.24) is 5.32 Å². The van der Waals surface area contributed by atoms with Crippen LogP contribution < -0.4 is 5.32 Å². The lowest BCUT2D eigenvalue weighted by atomic mass is 9.99. The summed E-state index contributed by atoms with van der Waals surface area (Å²) in [7, 11) is 0. The number of benzene rings is 1. The quantitative estimate of drug-likeness (QED) is 0.762. The maximum Gasteiger partial charge on any atom is 0.408 e. The highest BCUT2D eigenvalue weighted by Gasteiger charge is 2.34. The van der Waals surface area contributed by atoms with Crippen molar-refractivity contribution in [3.63, 3.8) is 0 Å². The standard InChI is InChI=1S/C14H19NO4/c1-14(2,3)19-13(17)15-10-8-18-11-7-5-4-6-9(11)12(10)16/h4-7,10,12,16H,8H2,1-3H3,(H,15,17)/p+1. The SMILES string of the molecule is CC(C)(C)OC(=O)NC1C[OH+]c2ccccc2C1O. The molecule has 1 aliphatic heterocycles. The fourth-order valence-electron chi connectivity index (χ4n) is 1.98. The van der Waals surface area contributed by atoms with E-state index in [2.05, 4.69) is 10.1 Å². The predicted octanol–water partition coefficient (Wildman–Crippen LogP) is 1.87. The molecule has 19 heavy (non-hydrogen) atoms. The van der Waals surface area contributed by atoms with Crippen molar-refractivity contribution in [2.24, 2.45) is 0 Å². The second-order valence-electron chi connectivity index (χ2n) is 5.60. The second kappa shape index (κ2) is 5.09. The smallest absolute Gasteiger partial charge is 0.408 e. The number of alkyl carbamates (subject to hydrolysis) is 1. The Morgan fingerprint density at radius 1 is 1.42 bits per heavy atom. The van der Waals surface area contributed by atoms with Gasteiger partial charge in [0.15, 0.2) is 6.61 Å². The zero-order valence-electron chi connectivity index (χ0n) is 11.4. The van der Waals surface area contributed by atoms with E-state index in [0.717, 1.165) is 11.3 Å². The zero-order valence-corrected chi connectivity index (χ0v) is 11.4. The van der Waals surface area contributed by atoms with Crippen molar-refractivity contribution < 1.29 is 19.4 Å². The summed E-state index contributed by atoms with van der Waals surface area (Å²) in [5, 5.41) is 12.9. The highest BCUT2D eigenvalue weighted by molar-refractivity contribution is 5.68. The van der Waals surface area contributed by atoms with Crippen molar-refractivity contribution in [2.75, 3.05) is 6.61 Å². The van der Waals surface area contributed by atoms with E-state index in [1.807, 2.05) is 24.3 Å². The lowest BCUT2D eigenvalue weighted by Crippen LogP contribution is -2.46. The molecule has 5 nitrogen and oxygen atoms in total. The molecule has 1 aliphatic rings. The summed E-state index contributed by atoms with van der Waals surface area (Å²) >= 11 is 0. The predicted molar refractivity (Wildman–Crippen MR) is 71.1 cm³/mol. The Bertz CT molecular complexity index is 467. The normalized spacial score (nSPS) is 22.1. The maximum atomic E-state index is 11.7. The first kappa shape index (κ1) is 13.7. The van der Waals surface area contributed by atoms with Gasteiger partial charge in [0.05, 0.1) is 5.56 Å². The number of nitrogens with one attached hydrogen (secondary N) is 1. The van der Waals surface area contributed by atoms with Crippen LogP contribution in [0.5, 0.6) is 5.75 Å². The molecule has 0 aromatic heterocycles. The number of aliphatic hydroxyl groups excluding tert-OH is 1. The minimum Gasteiger partial charge on any atom is -0.581 e. The third-order valence-corrected chi connectivity index (χ3v) is 2.80. The Labute approximate surface area is 112 Å². The molecule has 0 saturated heterocycles. The molecule has 1 heterocycles. The van der Waals surface area contributed by atoms with E-state index in [1.165, 1.54) is 0 Å². The molecule has 2 atom stereocenters. The van der Waals surface area contributed by atoms with Gasteiger partial charge < -0.3 is 19.9 Å². The van der Waals surface area contributed by atoms with Gasteiger partial charge in [-0.1, -0.05) is 12.1 Å². The van der Waals surface area contributed by atoms with Crippen molar-refractivity contribution in [1.29, 1.82) is 0 Å². The van der Waals surface area contributed by atoms with Gasteiger partial charge >= 0.3 is 6.09 Å². The van der Waals surface area contributed by atoms with Crippen molar-refractivity contribution >= 4 is 6.09 Å². The number of hydrogen-bond donors (Lipinski definition) is 2. The number of aromatic hydroxyl groups is 1. The minimum atomic E-state index is -0.763. The largest absolute Gasteiger partial charge is 0.581 e. The van der Waals surface area contributed by atoms with Crippen LogP contribution in [0.1, 0.15) is 32.4 Å². The van der Waals surface area contributed by atoms with Crippen LogP contribution in [-0.4, -0.2) is 34.2 Å². The highest BCUT2D eigenvalue weighted by Crippen LogP contribution is 2.32. The molecule has 5 heteroatoms. The lowest BCUT2D eigenvalue weighted by Gasteiger charge is -2.29. The van der Waals surface area contributed by atoms with Gasteiger partial charge in [0.25, 0.3) is 5.75 Å². The monoisotopic (exact) mass is 266 g/mol. The summed E-state index contributed by atoms with van der Waals surface area (Å²) in [6, 6.07) is 6.92. The van der Waals surface area contributed by atoms with Gasteiger partial charge in [-0.15, -0.1) is 0 Å². The Morgan fingerprint density at radius 3 is 2.79 bits per heavy atom. The molecule has 0 saturated carbocycles. The minimum absolute atomic E-state index is 0.345. The molecule has 3 N–H and O–H groups in total. The molecule has 0 fully saturated rings. The Balaban J connectivity index is 2.02. The molecule has 1 aromatic carbocycles. The molecule has 0 spiro atoms. The van der Waals surface area contributed by atoms with Crippen molar-refractivity contribution in [2.45, 2.75) is 38.5 Å². The number of amides is 1. The number of para-hydroxylation sites is 1. The van der Waals surface area contributed by atoms with Crippen LogP contribution in [-0.2, 0) is 4.74 Å². The van der Waals surface area contributed by atoms with Crippen LogP contribution in [0.25, 0.3) is 0 Å². The summed E-state index contributed by atoms with van der Waals surface area (Å²) < 4.78 is 9.52. The van der Waals surface area contributed by atoms with Gasteiger partial charge in [-0.25, -0.2) is 4.79 Å². The van der Waals surface area contributed by atoms with Crippen LogP contribution in [0.2, 0.25) is 0 Å². The molecule has 2 rings (SSSR count). The van der Waals surface area contributed by atoms with Gasteiger partial charge in [0, 0.05) is 6.07 Å². The van der Waals surface area contributed by atoms with Crippen molar-refractivity contribution in [3.8, 4) is 5.75 Å². The number of carbonyl (C=O) groups excluding carboxylic acids is 1. The first-order valence-electron chi connectivity index (χ1n) is 6.31. The molecule has 0 bridgehead atoms. The first-order chi connectivity index (χ1) is 8.87. The fraction of sp³-hybridized carbons (Fsp3) is 0.500. The first-order valence-corrected chi connectivity index (χ1v) is 6.31. The molecule has 104 valence electrons. The number of aliphatic hydroxyl groups is 2. The number of hydrogen-bond acceptors (Lipinski definition) is 3. The number of carbonyl (C=O) groups is 1. The lowest BCUT2D eigenvalue weighted by molar-refractivity contribution is -0.0279. The maximum absolute atomic E-state index is 11.7. The van der Waals surface area contributed by atoms with E-state index >= 15 is 0 Å². The third-order valence-electron chi connectivity index (χ3n) is 2.80. The molecule has 0 aliphatic carbocycles. The summed E-state index contributed by atoms with van der Waals surface area (Å²) in [5.41, 5.74) is 0.175. The Hall–Kier alpha value is -1.75. The third kappa shape index (κ3) is 3.38. The summed E-state index contributed by atoms with van der Waals surface area (Å²) in [6.07, 6.45) is -1.30. The molecule has 1 amide bonds. The van der Waals surface area contributed by atoms with E-state index in [-0.39, 0.29) is 0 Å². The molecule has 0 radical (unpaired) electrons. The fourth-order valence-corrected chi connectivity index (χ4v) is 1.98. The van der Waals surface area contributed by atoms with E-state index in [0.29, 0.717) is 6.61 Å². The average Bonchev–Trinajstić information content (AvgIpc) is 2.31. The Kier molecular flexibility index (Phi) is 3.66. The van der Waals surface area contributed by atoms with Crippen molar-refractivity contribution in [3.05, 3.63) is 29.8 Å². The van der Waals surface area contributed by atoms with Gasteiger partial charge in [-0.2, -0.15) is 0 Å². The van der Waals surface area contributed by atoms with Gasteiger partial charge in [0.1, 0.15) is 17.7 Å². The van der Waals surface area contributed by atoms with E-state index < -0.39 is 23.8 Å². The summed E-state index contributed by atoms with van der Waals surface area (Å²) in [5.74, 6) is 0.775. The number of rotatable bonds is 1. The van der Waals surface area contributed by atoms with E-state index in [9.17, 15) is 9.90 Å². The van der Waals surface area contributed by atoms with Gasteiger partial charge in [-0.3, -0.25) is 0 Å². The highest BCUT2D eigenvalue weighted by atomic mass is 16.6. The summed E-state index contributed by atoms with van der Waals surface area (Å²) in [4.78, 5) is 11.7. The van der Waals surface area contributed by atoms with Crippen LogP contribution in [0.15, 0.2) is 24.3 Å². The number of ether oxygens (including phenoxy) is 2. The molecule has 1 aromatic rings. The van der Waals surface area contributed by atoms with E-state index in [1.54, 1.807) is 20.8 Å². The van der Waals surface area contributed by atoms with Crippen LogP contribution >= 0.6 is 0 Å². The van der Waals surface area contributed by atoms with Gasteiger partial charge in [0.2, 0.25) is 0 Å². The zero-order chi connectivity index (χ0) is 14.0. The van der Waals surface area contributed by atoms with Crippen LogP contribution in [0, 0.1) is 0 Å². The van der Waals surface area contributed by atoms with Crippen LogP contribution in [0.3, 0.4) is 0 Å². The summed E-state index contributed by atoms with van der Waals surface area (Å²) in [6.45, 7) is 5.73. The molecular formula is C14H20NO4+. The van der Waals surface area contributed by atoms with Crippen LogP contribution in [0.4, 0.5) is 4.79 Å². The van der Waals surface area contributed by atoms with Gasteiger partial charge in [-0.05, 0) is 26.8 Å². The second-order valence-corrected chi connectivity index (χ2v) is 5.60. The average molecular weight is 266 g/mol. The topological polar surface area (TPSA) is 71.4 Å². The molecule has 2 unspecified atom stereocenters. The Morgan fingerprint density at radius 2 is 2.11 bits per heavy atom.